The Morgan fingerprint density at radius 3 is 1.07 bits per heavy atom. The zero-order valence-corrected chi connectivity index (χ0v) is 50.3. The maximum absolute atomic E-state index is 12.5. The molecule has 0 fully saturated rings. The van der Waals surface area contributed by atoms with E-state index in [1.165, 1.54) is 276 Å². The molecule has 0 aliphatic heterocycles. The van der Waals surface area contributed by atoms with E-state index in [2.05, 4.69) is 55.6 Å². The highest BCUT2D eigenvalue weighted by Gasteiger charge is 2.18. The van der Waals surface area contributed by atoms with Crippen molar-refractivity contribution in [3.63, 3.8) is 0 Å². The molecule has 6 nitrogen and oxygen atoms in total. The highest BCUT2D eigenvalue weighted by Crippen LogP contribution is 2.17. The number of hydrogen-bond acceptors (Lipinski definition) is 5. The number of carbonyl (C=O) groups excluding carboxylic acids is 2. The van der Waals surface area contributed by atoms with E-state index < -0.39 is 12.1 Å². The molecule has 440 valence electrons. The lowest BCUT2D eigenvalue weighted by molar-refractivity contribution is -0.143. The quantitative estimate of drug-likeness (QED) is 0.0320. The van der Waals surface area contributed by atoms with Crippen molar-refractivity contribution in [1.82, 2.24) is 5.32 Å². The van der Waals surface area contributed by atoms with Crippen molar-refractivity contribution in [2.24, 2.45) is 0 Å². The van der Waals surface area contributed by atoms with Gasteiger partial charge < -0.3 is 20.3 Å². The number of carbonyl (C=O) groups is 2. The Bertz CT molecular complexity index is 1260. The Kier molecular flexibility index (Phi) is 62.5. The third-order valence-corrected chi connectivity index (χ3v) is 15.3. The smallest absolute Gasteiger partial charge is 0.305 e. The number of ether oxygens (including phenoxy) is 1. The van der Waals surface area contributed by atoms with Gasteiger partial charge in [-0.2, -0.15) is 0 Å². The van der Waals surface area contributed by atoms with Gasteiger partial charge in [-0.05, 0) is 83.5 Å². The predicted octanol–water partition coefficient (Wildman–Crippen LogP) is 21.3. The lowest BCUT2D eigenvalue weighted by Gasteiger charge is -2.20. The monoisotopic (exact) mass is 1050 g/mol. The van der Waals surface area contributed by atoms with Gasteiger partial charge in [-0.3, -0.25) is 9.59 Å². The summed E-state index contributed by atoms with van der Waals surface area (Å²) in [6, 6.07) is -0.634. The van der Waals surface area contributed by atoms with Crippen molar-refractivity contribution in [3.8, 4) is 0 Å². The van der Waals surface area contributed by atoms with Crippen molar-refractivity contribution in [3.05, 3.63) is 48.6 Å². The molecule has 0 heterocycles. The van der Waals surface area contributed by atoms with E-state index in [-0.39, 0.29) is 18.5 Å². The van der Waals surface area contributed by atoms with Gasteiger partial charge >= 0.3 is 5.97 Å². The summed E-state index contributed by atoms with van der Waals surface area (Å²) in [5.74, 6) is -0.0741. The molecule has 0 aromatic heterocycles. The molecular formula is C69H129NO5. The molecule has 0 aromatic carbocycles. The van der Waals surface area contributed by atoms with Crippen LogP contribution in [0.5, 0.6) is 0 Å². The summed E-state index contributed by atoms with van der Waals surface area (Å²) >= 11 is 0. The Labute approximate surface area is 467 Å². The zero-order chi connectivity index (χ0) is 54.3. The van der Waals surface area contributed by atoms with Crippen molar-refractivity contribution in [1.29, 1.82) is 0 Å². The third-order valence-electron chi connectivity index (χ3n) is 15.3. The lowest BCUT2D eigenvalue weighted by Crippen LogP contribution is -2.45. The van der Waals surface area contributed by atoms with Crippen LogP contribution < -0.4 is 5.32 Å². The van der Waals surface area contributed by atoms with E-state index in [0.717, 1.165) is 51.4 Å². The number of rotatable bonds is 62. The van der Waals surface area contributed by atoms with Gasteiger partial charge in [0, 0.05) is 12.8 Å². The van der Waals surface area contributed by atoms with Crippen LogP contribution in [0.1, 0.15) is 354 Å². The van der Waals surface area contributed by atoms with Gasteiger partial charge in [0.15, 0.2) is 0 Å². The van der Waals surface area contributed by atoms with E-state index in [4.69, 9.17) is 4.74 Å². The summed E-state index contributed by atoms with van der Waals surface area (Å²) in [6.07, 6.45) is 83.1. The SMILES string of the molecule is CCCC/C=C\CCCCCCCC(=O)OCCCCCCCCCCC/C=C\C/C=C\CCCCCCCCCCCC(=O)NC(CO)C(O)/C=C/CCCCCCCCCCCCCCCCCCCCCC. The summed E-state index contributed by atoms with van der Waals surface area (Å²) in [6.45, 7) is 4.88. The number of amides is 1. The second kappa shape index (κ2) is 64.3. The average Bonchev–Trinajstić information content (AvgIpc) is 3.41. The van der Waals surface area contributed by atoms with Crippen LogP contribution in [0.4, 0.5) is 0 Å². The van der Waals surface area contributed by atoms with Crippen LogP contribution in [-0.4, -0.2) is 47.4 Å². The van der Waals surface area contributed by atoms with Crippen LogP contribution in [0.15, 0.2) is 48.6 Å². The maximum atomic E-state index is 12.5. The molecule has 0 aromatic rings. The summed E-state index contributed by atoms with van der Waals surface area (Å²) < 4.78 is 5.46. The number of aliphatic hydroxyl groups is 2. The zero-order valence-electron chi connectivity index (χ0n) is 50.3. The second-order valence-electron chi connectivity index (χ2n) is 22.8. The molecule has 1 amide bonds. The summed E-state index contributed by atoms with van der Waals surface area (Å²) in [5, 5.41) is 23.2. The standard InChI is InChI=1S/C69H129NO5/c1-3-5-7-9-11-13-15-16-17-18-19-20-26-29-32-35-38-42-45-49-53-57-61-67(72)66(65-71)70-68(73)62-58-54-50-46-43-39-36-33-30-27-24-22-21-23-25-28-31-34-37-40-44-48-52-56-60-64-75-69(74)63-59-55-51-47-41-14-12-10-8-6-4-2/h10,12,22-25,57,61,66-67,71-72H,3-9,11,13-21,26-56,58-60,62-65H2,1-2H3,(H,70,73)/b12-10-,24-22-,25-23-,61-57+. The molecule has 6 heteroatoms. The normalized spacial score (nSPS) is 12.9. The largest absolute Gasteiger partial charge is 0.466 e. The summed E-state index contributed by atoms with van der Waals surface area (Å²) in [4.78, 5) is 24.5. The molecular weight excluding hydrogens is 923 g/mol. The molecule has 0 spiro atoms. The minimum absolute atomic E-state index is 0.00265. The van der Waals surface area contributed by atoms with Gasteiger partial charge in [-0.25, -0.2) is 0 Å². The van der Waals surface area contributed by atoms with E-state index in [1.807, 2.05) is 6.08 Å². The van der Waals surface area contributed by atoms with E-state index in [1.54, 1.807) is 6.08 Å². The molecule has 0 saturated carbocycles. The highest BCUT2D eigenvalue weighted by molar-refractivity contribution is 5.76. The predicted molar refractivity (Wildman–Crippen MR) is 329 cm³/mol. The van der Waals surface area contributed by atoms with Crippen molar-refractivity contribution < 1.29 is 24.5 Å². The van der Waals surface area contributed by atoms with Crippen LogP contribution in [-0.2, 0) is 14.3 Å². The average molecular weight is 1050 g/mol. The molecule has 0 radical (unpaired) electrons. The fraction of sp³-hybridized carbons (Fsp3) is 0.855. The van der Waals surface area contributed by atoms with Crippen LogP contribution in [0.25, 0.3) is 0 Å². The summed E-state index contributed by atoms with van der Waals surface area (Å²) in [7, 11) is 0. The number of esters is 1. The Morgan fingerprint density at radius 1 is 0.373 bits per heavy atom. The first kappa shape index (κ1) is 72.8. The maximum Gasteiger partial charge on any atom is 0.305 e. The molecule has 0 saturated heterocycles. The van der Waals surface area contributed by atoms with Crippen LogP contribution in [0.3, 0.4) is 0 Å². The van der Waals surface area contributed by atoms with Crippen LogP contribution in [0.2, 0.25) is 0 Å². The topological polar surface area (TPSA) is 95.9 Å². The van der Waals surface area contributed by atoms with Crippen molar-refractivity contribution in [2.75, 3.05) is 13.2 Å². The van der Waals surface area contributed by atoms with Gasteiger partial charge in [0.05, 0.1) is 25.4 Å². The number of hydrogen-bond donors (Lipinski definition) is 3. The Morgan fingerprint density at radius 2 is 0.680 bits per heavy atom. The third kappa shape index (κ3) is 60.9. The van der Waals surface area contributed by atoms with Gasteiger partial charge in [-0.1, -0.05) is 306 Å². The van der Waals surface area contributed by atoms with Gasteiger partial charge in [-0.15, -0.1) is 0 Å². The molecule has 0 aliphatic rings. The molecule has 2 atom stereocenters. The Balaban J connectivity index is 3.48. The van der Waals surface area contributed by atoms with E-state index in [9.17, 15) is 19.8 Å². The molecule has 0 rings (SSSR count). The van der Waals surface area contributed by atoms with Crippen LogP contribution in [0, 0.1) is 0 Å². The molecule has 0 aliphatic carbocycles. The van der Waals surface area contributed by atoms with Gasteiger partial charge in [0.2, 0.25) is 5.91 Å². The minimum Gasteiger partial charge on any atom is -0.466 e. The van der Waals surface area contributed by atoms with Gasteiger partial charge in [0.25, 0.3) is 0 Å². The van der Waals surface area contributed by atoms with Gasteiger partial charge in [0.1, 0.15) is 0 Å². The van der Waals surface area contributed by atoms with E-state index >= 15 is 0 Å². The lowest BCUT2D eigenvalue weighted by atomic mass is 10.0. The van der Waals surface area contributed by atoms with Crippen molar-refractivity contribution >= 4 is 11.9 Å². The number of nitrogens with one attached hydrogen (secondary N) is 1. The number of aliphatic hydroxyl groups excluding tert-OH is 2. The fourth-order valence-electron chi connectivity index (χ4n) is 10.2. The molecule has 3 N–H and O–H groups in total. The van der Waals surface area contributed by atoms with Crippen LogP contribution >= 0.6 is 0 Å². The van der Waals surface area contributed by atoms with E-state index in [0.29, 0.717) is 19.4 Å². The Hall–Kier alpha value is -2.18. The highest BCUT2D eigenvalue weighted by atomic mass is 16.5. The first-order valence-corrected chi connectivity index (χ1v) is 33.4. The first-order chi connectivity index (χ1) is 37.0. The molecule has 2 unspecified atom stereocenters. The number of allylic oxidation sites excluding steroid dienone is 7. The second-order valence-corrected chi connectivity index (χ2v) is 22.8. The van der Waals surface area contributed by atoms with Crippen molar-refractivity contribution in [2.45, 2.75) is 366 Å². The minimum atomic E-state index is -0.850. The summed E-state index contributed by atoms with van der Waals surface area (Å²) in [5.41, 5.74) is 0. The first-order valence-electron chi connectivity index (χ1n) is 33.4. The fourth-order valence-corrected chi connectivity index (χ4v) is 10.2. The molecule has 0 bridgehead atoms. The molecule has 75 heavy (non-hydrogen) atoms. The number of unbranched alkanes of at least 4 members (excludes halogenated alkanes) is 45.